The van der Waals surface area contributed by atoms with Crippen LogP contribution in [0.3, 0.4) is 0 Å². The Morgan fingerprint density at radius 1 is 1.25 bits per heavy atom. The molecule has 3 nitrogen and oxygen atoms in total. The predicted molar refractivity (Wildman–Crippen MR) is 79.5 cm³/mol. The first-order valence-electron chi connectivity index (χ1n) is 6.93. The van der Waals surface area contributed by atoms with Crippen molar-refractivity contribution < 1.29 is 9.53 Å². The third-order valence-corrected chi connectivity index (χ3v) is 5.32. The molecule has 0 aliphatic carbocycles. The summed E-state index contributed by atoms with van der Waals surface area (Å²) in [5, 5.41) is 0.652. The Balaban J connectivity index is 1.69. The molecule has 5 heteroatoms. The lowest BCUT2D eigenvalue weighted by atomic mass is 10.0. The lowest BCUT2D eigenvalue weighted by Gasteiger charge is -2.35. The normalized spacial score (nSPS) is 29.4. The van der Waals surface area contributed by atoms with Crippen LogP contribution < -0.4 is 0 Å². The lowest BCUT2D eigenvalue weighted by molar-refractivity contribution is -0.000430. The minimum absolute atomic E-state index is 0.00810. The largest absolute Gasteiger partial charge is 0.459 e. The van der Waals surface area contributed by atoms with Crippen molar-refractivity contribution in [3.05, 3.63) is 33.8 Å². The number of carbonyl (C=O) groups is 1. The Morgan fingerprint density at radius 2 is 1.90 bits per heavy atom. The molecule has 0 spiro atoms. The first kappa shape index (κ1) is 14.2. The average Bonchev–Trinajstić information content (AvgIpc) is 2.64. The molecular formula is C15H17Cl2NO2. The van der Waals surface area contributed by atoms with Crippen molar-refractivity contribution in [2.75, 3.05) is 7.05 Å². The van der Waals surface area contributed by atoms with Gasteiger partial charge in [0.2, 0.25) is 0 Å². The zero-order valence-electron chi connectivity index (χ0n) is 11.3. The Labute approximate surface area is 128 Å². The number of ether oxygens (including phenoxy) is 1. The maximum absolute atomic E-state index is 12.2. The van der Waals surface area contributed by atoms with Crippen molar-refractivity contribution in [1.82, 2.24) is 4.90 Å². The minimum Gasteiger partial charge on any atom is -0.459 e. The molecule has 1 aromatic carbocycles. The Morgan fingerprint density at radius 3 is 2.55 bits per heavy atom. The van der Waals surface area contributed by atoms with Gasteiger partial charge >= 0.3 is 5.97 Å². The van der Waals surface area contributed by atoms with Crippen molar-refractivity contribution in [2.45, 2.75) is 43.9 Å². The van der Waals surface area contributed by atoms with Crippen LogP contribution in [0.5, 0.6) is 0 Å². The average molecular weight is 314 g/mol. The van der Waals surface area contributed by atoms with Crippen LogP contribution in [-0.2, 0) is 4.74 Å². The zero-order chi connectivity index (χ0) is 14.3. The lowest BCUT2D eigenvalue weighted by Crippen LogP contribution is -2.43. The summed E-state index contributed by atoms with van der Waals surface area (Å²) in [6.07, 6.45) is 4.22. The van der Waals surface area contributed by atoms with Gasteiger partial charge in [-0.15, -0.1) is 0 Å². The molecule has 108 valence electrons. The fourth-order valence-electron chi connectivity index (χ4n) is 3.33. The van der Waals surface area contributed by atoms with E-state index in [9.17, 15) is 4.79 Å². The van der Waals surface area contributed by atoms with Gasteiger partial charge in [-0.05, 0) is 32.0 Å². The van der Waals surface area contributed by atoms with Gasteiger partial charge in [-0.25, -0.2) is 4.79 Å². The van der Waals surface area contributed by atoms with E-state index in [4.69, 9.17) is 27.9 Å². The molecule has 20 heavy (non-hydrogen) atoms. The van der Waals surface area contributed by atoms with E-state index < -0.39 is 0 Å². The molecule has 2 fully saturated rings. The molecule has 3 atom stereocenters. The second-order valence-electron chi connectivity index (χ2n) is 5.65. The third kappa shape index (κ3) is 2.54. The summed E-state index contributed by atoms with van der Waals surface area (Å²) < 4.78 is 5.63. The molecule has 2 aliphatic rings. The molecule has 0 saturated carbocycles. The molecule has 0 amide bonds. The summed E-state index contributed by atoms with van der Waals surface area (Å²) in [5.41, 5.74) is 0.352. The summed E-state index contributed by atoms with van der Waals surface area (Å²) in [5.74, 6) is -0.369. The fourth-order valence-corrected chi connectivity index (χ4v) is 3.71. The molecule has 1 aromatic rings. The van der Waals surface area contributed by atoms with Gasteiger partial charge in [0.25, 0.3) is 0 Å². The van der Waals surface area contributed by atoms with Gasteiger partial charge in [0.05, 0.1) is 15.6 Å². The van der Waals surface area contributed by atoms with Crippen molar-refractivity contribution in [1.29, 1.82) is 0 Å². The Kier molecular flexibility index (Phi) is 3.93. The van der Waals surface area contributed by atoms with E-state index in [0.29, 0.717) is 22.7 Å². The maximum Gasteiger partial charge on any atom is 0.339 e. The Hall–Kier alpha value is -0.770. The van der Waals surface area contributed by atoms with Gasteiger partial charge in [0.1, 0.15) is 6.10 Å². The summed E-state index contributed by atoms with van der Waals surface area (Å²) >= 11 is 12.0. The van der Waals surface area contributed by atoms with Crippen LogP contribution in [0.25, 0.3) is 0 Å². The number of hydrogen-bond donors (Lipinski definition) is 0. The number of nitrogens with zero attached hydrogens (tertiary/aromatic N) is 1. The standard InChI is InChI=1S/C15H17Cl2NO2/c1-18-9-5-6-10(18)8-11(7-9)20-15(19)12-3-2-4-13(16)14(12)17/h2-4,9-11H,5-8H2,1H3/t9-,10+,11?. The highest BCUT2D eigenvalue weighted by Crippen LogP contribution is 2.36. The van der Waals surface area contributed by atoms with Gasteiger partial charge < -0.3 is 9.64 Å². The molecule has 2 heterocycles. The summed E-state index contributed by atoms with van der Waals surface area (Å²) in [6.45, 7) is 0. The molecule has 3 rings (SSSR count). The SMILES string of the molecule is CN1[C@@H]2CC[C@H]1CC(OC(=O)c1cccc(Cl)c1Cl)C2. The van der Waals surface area contributed by atoms with Crippen LogP contribution in [0.2, 0.25) is 10.0 Å². The molecule has 1 unspecified atom stereocenters. The first-order valence-corrected chi connectivity index (χ1v) is 7.68. The molecular weight excluding hydrogens is 297 g/mol. The second kappa shape index (κ2) is 5.55. The van der Waals surface area contributed by atoms with Gasteiger partial charge in [-0.1, -0.05) is 29.3 Å². The number of piperidine rings is 1. The summed E-state index contributed by atoms with van der Waals surface area (Å²) in [4.78, 5) is 14.6. The molecule has 0 aromatic heterocycles. The van der Waals surface area contributed by atoms with Crippen LogP contribution in [-0.4, -0.2) is 36.1 Å². The molecule has 2 saturated heterocycles. The predicted octanol–water partition coefficient (Wildman–Crippen LogP) is 3.78. The van der Waals surface area contributed by atoms with E-state index in [1.54, 1.807) is 18.2 Å². The number of benzene rings is 1. The van der Waals surface area contributed by atoms with Crippen LogP contribution in [0.4, 0.5) is 0 Å². The van der Waals surface area contributed by atoms with Gasteiger partial charge in [-0.2, -0.15) is 0 Å². The van der Waals surface area contributed by atoms with E-state index >= 15 is 0 Å². The van der Waals surface area contributed by atoms with E-state index in [2.05, 4.69) is 11.9 Å². The van der Waals surface area contributed by atoms with Crippen LogP contribution >= 0.6 is 23.2 Å². The topological polar surface area (TPSA) is 29.5 Å². The number of carbonyl (C=O) groups excluding carboxylic acids is 1. The van der Waals surface area contributed by atoms with Gasteiger partial charge in [0, 0.05) is 24.9 Å². The number of fused-ring (bicyclic) bond motifs is 2. The van der Waals surface area contributed by atoms with E-state index in [0.717, 1.165) is 12.8 Å². The van der Waals surface area contributed by atoms with Crippen molar-refractivity contribution in [2.24, 2.45) is 0 Å². The zero-order valence-corrected chi connectivity index (χ0v) is 12.8. The van der Waals surface area contributed by atoms with Crippen molar-refractivity contribution >= 4 is 29.2 Å². The molecule has 2 aliphatic heterocycles. The van der Waals surface area contributed by atoms with Crippen LogP contribution in [0.15, 0.2) is 18.2 Å². The van der Waals surface area contributed by atoms with E-state index in [-0.39, 0.29) is 17.1 Å². The number of halogens is 2. The number of esters is 1. The highest BCUT2D eigenvalue weighted by molar-refractivity contribution is 6.43. The first-order chi connectivity index (χ1) is 9.56. The maximum atomic E-state index is 12.2. The van der Waals surface area contributed by atoms with Gasteiger partial charge in [-0.3, -0.25) is 0 Å². The van der Waals surface area contributed by atoms with Crippen LogP contribution in [0.1, 0.15) is 36.0 Å². The fraction of sp³-hybridized carbons (Fsp3) is 0.533. The smallest absolute Gasteiger partial charge is 0.339 e. The molecule has 0 radical (unpaired) electrons. The molecule has 2 bridgehead atoms. The highest BCUT2D eigenvalue weighted by Gasteiger charge is 2.40. The van der Waals surface area contributed by atoms with Crippen LogP contribution in [0, 0.1) is 0 Å². The van der Waals surface area contributed by atoms with Gasteiger partial charge in [0.15, 0.2) is 0 Å². The number of hydrogen-bond acceptors (Lipinski definition) is 3. The molecule has 0 N–H and O–H groups in total. The third-order valence-electron chi connectivity index (χ3n) is 4.50. The second-order valence-corrected chi connectivity index (χ2v) is 6.44. The monoisotopic (exact) mass is 313 g/mol. The Bertz CT molecular complexity index is 521. The summed E-state index contributed by atoms with van der Waals surface area (Å²) in [7, 11) is 2.16. The van der Waals surface area contributed by atoms with Crippen molar-refractivity contribution in [3.63, 3.8) is 0 Å². The van der Waals surface area contributed by atoms with Crippen molar-refractivity contribution in [3.8, 4) is 0 Å². The van der Waals surface area contributed by atoms with E-state index in [1.807, 2.05) is 0 Å². The highest BCUT2D eigenvalue weighted by atomic mass is 35.5. The number of rotatable bonds is 2. The quantitative estimate of drug-likeness (QED) is 0.778. The van der Waals surface area contributed by atoms with E-state index in [1.165, 1.54) is 12.8 Å². The summed E-state index contributed by atoms with van der Waals surface area (Å²) in [6, 6.07) is 6.11. The minimum atomic E-state index is -0.369.